The molecule has 6 heteroatoms. The zero-order chi connectivity index (χ0) is 48.6. The number of ether oxygens (including phenoxy) is 1. The molecule has 0 aromatic heterocycles. The number of rotatable bonds is 55. The number of unbranched alkanes of at least 4 members (excludes halogenated alkanes) is 38. The molecule has 3 N–H and O–H groups in total. The molecule has 0 rings (SSSR count). The highest BCUT2D eigenvalue weighted by Gasteiger charge is 2.20. The second-order valence-corrected chi connectivity index (χ2v) is 20.3. The number of hydrogen-bond acceptors (Lipinski definition) is 5. The van der Waals surface area contributed by atoms with Gasteiger partial charge < -0.3 is 20.3 Å². The predicted octanol–water partition coefficient (Wildman–Crippen LogP) is 18.4. The van der Waals surface area contributed by atoms with Gasteiger partial charge in [0.05, 0.1) is 25.4 Å². The van der Waals surface area contributed by atoms with E-state index >= 15 is 0 Å². The van der Waals surface area contributed by atoms with E-state index in [0.29, 0.717) is 25.9 Å². The molecule has 0 aromatic carbocycles. The molecule has 0 aliphatic heterocycles. The lowest BCUT2D eigenvalue weighted by Crippen LogP contribution is -2.45. The molecule has 0 saturated carbocycles. The van der Waals surface area contributed by atoms with Crippen molar-refractivity contribution in [2.24, 2.45) is 0 Å². The molecular weight excluding hydrogens is 827 g/mol. The van der Waals surface area contributed by atoms with Crippen LogP contribution in [0.1, 0.15) is 316 Å². The Bertz CT molecular complexity index is 1090. The zero-order valence-corrected chi connectivity index (χ0v) is 44.9. The maximum absolute atomic E-state index is 12.5. The smallest absolute Gasteiger partial charge is 0.305 e. The van der Waals surface area contributed by atoms with E-state index < -0.39 is 12.1 Å². The summed E-state index contributed by atoms with van der Waals surface area (Å²) in [6, 6.07) is -0.563. The Morgan fingerprint density at radius 3 is 1.19 bits per heavy atom. The Kier molecular flexibility index (Phi) is 55.0. The van der Waals surface area contributed by atoms with E-state index in [4.69, 9.17) is 4.74 Å². The molecule has 0 heterocycles. The third kappa shape index (κ3) is 53.3. The highest BCUT2D eigenvalue weighted by Crippen LogP contribution is 2.17. The van der Waals surface area contributed by atoms with Gasteiger partial charge in [0.25, 0.3) is 0 Å². The number of hydrogen-bond donors (Lipinski definition) is 3. The number of nitrogens with one attached hydrogen (secondary N) is 1. The molecular formula is C61H115NO5. The lowest BCUT2D eigenvalue weighted by atomic mass is 10.0. The molecule has 2 atom stereocenters. The number of aliphatic hydroxyl groups excluding tert-OH is 2. The highest BCUT2D eigenvalue weighted by atomic mass is 16.5. The van der Waals surface area contributed by atoms with E-state index in [2.05, 4.69) is 55.6 Å². The van der Waals surface area contributed by atoms with Crippen molar-refractivity contribution in [3.8, 4) is 0 Å². The predicted molar refractivity (Wildman–Crippen MR) is 292 cm³/mol. The van der Waals surface area contributed by atoms with E-state index in [1.54, 1.807) is 0 Å². The summed E-state index contributed by atoms with van der Waals surface area (Å²) in [6.07, 6.45) is 69.9. The number of allylic oxidation sites excluding steroid dienone is 6. The number of esters is 1. The molecule has 0 saturated heterocycles. The largest absolute Gasteiger partial charge is 0.466 e. The van der Waals surface area contributed by atoms with Gasteiger partial charge in [0.15, 0.2) is 0 Å². The molecule has 1 amide bonds. The summed E-state index contributed by atoms with van der Waals surface area (Å²) in [7, 11) is 0. The maximum atomic E-state index is 12.5. The van der Waals surface area contributed by atoms with E-state index in [0.717, 1.165) is 77.0 Å². The Balaban J connectivity index is 3.49. The average molecular weight is 943 g/mol. The summed E-state index contributed by atoms with van der Waals surface area (Å²) >= 11 is 0. The van der Waals surface area contributed by atoms with Crippen LogP contribution >= 0.6 is 0 Å². The summed E-state index contributed by atoms with van der Waals surface area (Å²) < 4.78 is 5.47. The van der Waals surface area contributed by atoms with Gasteiger partial charge in [-0.1, -0.05) is 256 Å². The van der Waals surface area contributed by atoms with Crippen LogP contribution in [0, 0.1) is 0 Å². The zero-order valence-electron chi connectivity index (χ0n) is 44.9. The molecule has 0 bridgehead atoms. The Morgan fingerprint density at radius 1 is 0.418 bits per heavy atom. The number of amides is 1. The Hall–Kier alpha value is -1.92. The third-order valence-corrected chi connectivity index (χ3v) is 13.7. The molecule has 0 aromatic rings. The molecule has 0 radical (unpaired) electrons. The first-order chi connectivity index (χ1) is 33.0. The average Bonchev–Trinajstić information content (AvgIpc) is 3.33. The fourth-order valence-electron chi connectivity index (χ4n) is 9.08. The van der Waals surface area contributed by atoms with Crippen molar-refractivity contribution in [2.75, 3.05) is 13.2 Å². The minimum atomic E-state index is -0.683. The standard InChI is InChI=1S/C61H115NO5/c1-3-5-7-9-11-13-15-17-19-21-22-23-25-26-29-33-37-41-45-49-53-59(64)58(57-63)62-60(65)54-50-46-42-38-34-30-28-32-36-40-44-48-52-56-67-61(66)55-51-47-43-39-35-31-27-24-20-18-16-14-12-10-8-6-4-2/h12,14,18,20,30,34,58-59,63-64H,3-11,13,15-17,19,21-29,31-33,35-57H2,1-2H3,(H,62,65)/b14-12-,20-18-,34-30-. The first-order valence-electron chi connectivity index (χ1n) is 29.7. The van der Waals surface area contributed by atoms with Crippen LogP contribution < -0.4 is 5.32 Å². The van der Waals surface area contributed by atoms with Gasteiger partial charge >= 0.3 is 5.97 Å². The van der Waals surface area contributed by atoms with Crippen LogP contribution in [0.3, 0.4) is 0 Å². The van der Waals surface area contributed by atoms with Crippen LogP contribution in [0.5, 0.6) is 0 Å². The van der Waals surface area contributed by atoms with Crippen LogP contribution in [-0.2, 0) is 14.3 Å². The van der Waals surface area contributed by atoms with Crippen molar-refractivity contribution in [1.82, 2.24) is 5.32 Å². The van der Waals surface area contributed by atoms with Crippen LogP contribution in [0.2, 0.25) is 0 Å². The van der Waals surface area contributed by atoms with Crippen molar-refractivity contribution in [1.29, 1.82) is 0 Å². The van der Waals surface area contributed by atoms with Crippen LogP contribution in [0.15, 0.2) is 36.5 Å². The highest BCUT2D eigenvalue weighted by molar-refractivity contribution is 5.76. The Morgan fingerprint density at radius 2 is 0.746 bits per heavy atom. The number of carbonyl (C=O) groups is 2. The molecule has 394 valence electrons. The van der Waals surface area contributed by atoms with E-state index in [9.17, 15) is 19.8 Å². The van der Waals surface area contributed by atoms with Crippen LogP contribution in [-0.4, -0.2) is 47.4 Å². The second-order valence-electron chi connectivity index (χ2n) is 20.3. The lowest BCUT2D eigenvalue weighted by Gasteiger charge is -2.22. The summed E-state index contributed by atoms with van der Waals surface area (Å²) in [5, 5.41) is 23.3. The summed E-state index contributed by atoms with van der Waals surface area (Å²) in [6.45, 7) is 4.90. The second kappa shape index (κ2) is 56.7. The molecule has 0 spiro atoms. The first-order valence-corrected chi connectivity index (χ1v) is 29.7. The van der Waals surface area contributed by atoms with Crippen molar-refractivity contribution in [2.45, 2.75) is 328 Å². The van der Waals surface area contributed by atoms with Gasteiger partial charge in [-0.3, -0.25) is 9.59 Å². The van der Waals surface area contributed by atoms with E-state index in [1.165, 1.54) is 205 Å². The molecule has 0 fully saturated rings. The van der Waals surface area contributed by atoms with Gasteiger partial charge in [0.2, 0.25) is 5.91 Å². The maximum Gasteiger partial charge on any atom is 0.305 e. The number of aliphatic hydroxyl groups is 2. The van der Waals surface area contributed by atoms with E-state index in [-0.39, 0.29) is 18.5 Å². The molecule has 0 aliphatic rings. The summed E-state index contributed by atoms with van der Waals surface area (Å²) in [4.78, 5) is 24.6. The lowest BCUT2D eigenvalue weighted by molar-refractivity contribution is -0.143. The van der Waals surface area contributed by atoms with Gasteiger partial charge in [-0.15, -0.1) is 0 Å². The van der Waals surface area contributed by atoms with Crippen molar-refractivity contribution in [3.05, 3.63) is 36.5 Å². The van der Waals surface area contributed by atoms with Crippen molar-refractivity contribution in [3.63, 3.8) is 0 Å². The van der Waals surface area contributed by atoms with Gasteiger partial charge in [0, 0.05) is 12.8 Å². The monoisotopic (exact) mass is 942 g/mol. The fourth-order valence-corrected chi connectivity index (χ4v) is 9.08. The van der Waals surface area contributed by atoms with Crippen LogP contribution in [0.25, 0.3) is 0 Å². The van der Waals surface area contributed by atoms with Gasteiger partial charge in [-0.2, -0.15) is 0 Å². The molecule has 6 nitrogen and oxygen atoms in total. The third-order valence-electron chi connectivity index (χ3n) is 13.7. The first kappa shape index (κ1) is 65.1. The SMILES string of the molecule is CCCCC/C=C\C/C=C\CCCCCCCCCC(=O)OCCCCCCCC/C=C\CCCCCC(=O)NC(CO)C(O)CCCCCCCCCCCCCCCCCCCCCC. The number of carbonyl (C=O) groups excluding carboxylic acids is 2. The summed E-state index contributed by atoms with van der Waals surface area (Å²) in [5.74, 6) is -0.0833. The topological polar surface area (TPSA) is 95.9 Å². The van der Waals surface area contributed by atoms with Gasteiger partial charge in [0.1, 0.15) is 0 Å². The quantitative estimate of drug-likeness (QED) is 0.0321. The molecule has 2 unspecified atom stereocenters. The summed E-state index contributed by atoms with van der Waals surface area (Å²) in [5.41, 5.74) is 0. The normalized spacial score (nSPS) is 12.8. The fraction of sp³-hybridized carbons (Fsp3) is 0.869. The molecule has 0 aliphatic carbocycles. The van der Waals surface area contributed by atoms with Crippen molar-refractivity contribution >= 4 is 11.9 Å². The molecule has 67 heavy (non-hydrogen) atoms. The minimum absolute atomic E-state index is 0.0199. The Labute approximate surface area is 417 Å². The van der Waals surface area contributed by atoms with Gasteiger partial charge in [-0.25, -0.2) is 0 Å². The van der Waals surface area contributed by atoms with Crippen molar-refractivity contribution < 1.29 is 24.5 Å². The minimum Gasteiger partial charge on any atom is -0.466 e. The van der Waals surface area contributed by atoms with Crippen LogP contribution in [0.4, 0.5) is 0 Å². The van der Waals surface area contributed by atoms with Gasteiger partial charge in [-0.05, 0) is 83.5 Å². The van der Waals surface area contributed by atoms with E-state index in [1.807, 2.05) is 0 Å².